The van der Waals surface area contributed by atoms with E-state index in [9.17, 15) is 0 Å². The summed E-state index contributed by atoms with van der Waals surface area (Å²) in [5, 5.41) is 26.1. The van der Waals surface area contributed by atoms with Gasteiger partial charge in [0.15, 0.2) is 0 Å². The van der Waals surface area contributed by atoms with Crippen molar-refractivity contribution >= 4 is 24.8 Å². The molecule has 10 heteroatoms. The van der Waals surface area contributed by atoms with E-state index in [0.29, 0.717) is 0 Å². The number of rotatable bonds is 0. The lowest BCUT2D eigenvalue weighted by molar-refractivity contribution is 0.761. The van der Waals surface area contributed by atoms with Crippen LogP contribution < -0.4 is 0 Å². The van der Waals surface area contributed by atoms with E-state index < -0.39 is 0 Å². The van der Waals surface area contributed by atoms with Gasteiger partial charge in [0.05, 0.1) is 24.8 Å². The molecule has 0 atom stereocenters. The molecule has 2 heterocycles. The van der Waals surface area contributed by atoms with E-state index in [-0.39, 0.29) is 24.8 Å². The lowest BCUT2D eigenvalue weighted by atomic mass is 11.0. The van der Waals surface area contributed by atoms with Crippen molar-refractivity contribution in [2.45, 2.75) is 0 Å². The van der Waals surface area contributed by atoms with E-state index in [4.69, 9.17) is 0 Å². The summed E-state index contributed by atoms with van der Waals surface area (Å²) in [6.07, 6.45) is 5.86. The van der Waals surface area contributed by atoms with Gasteiger partial charge in [0, 0.05) is 0 Å². The smallest absolute Gasteiger partial charge is 0.0716 e. The minimum absolute atomic E-state index is 0. The highest BCUT2D eigenvalue weighted by atomic mass is 35.5. The molecule has 0 fully saturated rings. The minimum Gasteiger partial charge on any atom is -0.147 e. The number of nitrogens with zero attached hydrogens (tertiary/aromatic N) is 8. The van der Waals surface area contributed by atoms with Crippen LogP contribution in [0.15, 0.2) is 24.8 Å². The average Bonchev–Trinajstić information content (AvgIpc) is 2.24. The molecular formula is C4H6Cl2N8. The van der Waals surface area contributed by atoms with Gasteiger partial charge in [0.1, 0.15) is 0 Å². The van der Waals surface area contributed by atoms with Crippen LogP contribution in [0.1, 0.15) is 0 Å². The summed E-state index contributed by atoms with van der Waals surface area (Å²) in [7, 11) is 0. The molecule has 0 radical (unpaired) electrons. The van der Waals surface area contributed by atoms with Gasteiger partial charge in [-0.05, 0) is 20.9 Å². The molecule has 14 heavy (non-hydrogen) atoms. The Morgan fingerprint density at radius 1 is 0.429 bits per heavy atom. The monoisotopic (exact) mass is 236 g/mol. The van der Waals surface area contributed by atoms with Crippen LogP contribution in [0.5, 0.6) is 0 Å². The van der Waals surface area contributed by atoms with Crippen LogP contribution in [0.4, 0.5) is 0 Å². The van der Waals surface area contributed by atoms with Gasteiger partial charge >= 0.3 is 0 Å². The lowest BCUT2D eigenvalue weighted by Gasteiger charge is -1.67. The molecule has 0 saturated carbocycles. The van der Waals surface area contributed by atoms with E-state index >= 15 is 0 Å². The molecule has 2 aromatic rings. The second kappa shape index (κ2) is 11.5. The van der Waals surface area contributed by atoms with Gasteiger partial charge in [-0.15, -0.1) is 45.2 Å². The third-order valence-corrected chi connectivity index (χ3v) is 0.687. The van der Waals surface area contributed by atoms with Gasteiger partial charge in [0.2, 0.25) is 0 Å². The van der Waals surface area contributed by atoms with E-state index in [1.54, 1.807) is 0 Å². The summed E-state index contributed by atoms with van der Waals surface area (Å²) >= 11 is 0. The van der Waals surface area contributed by atoms with Gasteiger partial charge in [-0.1, -0.05) is 0 Å². The predicted molar refractivity (Wildman–Crippen MR) is 49.7 cm³/mol. The Hall–Kier alpha value is -1.54. The van der Waals surface area contributed by atoms with Gasteiger partial charge in [-0.3, -0.25) is 0 Å². The Balaban J connectivity index is 0. The second-order valence-electron chi connectivity index (χ2n) is 1.42. The molecule has 0 N–H and O–H groups in total. The van der Waals surface area contributed by atoms with Crippen molar-refractivity contribution in [3.63, 3.8) is 0 Å². The van der Waals surface area contributed by atoms with Crippen LogP contribution in [-0.2, 0) is 0 Å². The summed E-state index contributed by atoms with van der Waals surface area (Å²) in [6.45, 7) is 0. The Labute approximate surface area is 91.4 Å². The Morgan fingerprint density at radius 2 is 0.643 bits per heavy atom. The van der Waals surface area contributed by atoms with Crippen molar-refractivity contribution in [3.05, 3.63) is 24.8 Å². The summed E-state index contributed by atoms with van der Waals surface area (Å²) < 4.78 is 0. The number of aromatic nitrogens is 8. The van der Waals surface area contributed by atoms with E-state index in [1.807, 2.05) is 0 Å². The summed E-state index contributed by atoms with van der Waals surface area (Å²) in [4.78, 5) is 0. The molecule has 0 unspecified atom stereocenters. The predicted octanol–water partition coefficient (Wildman–Crippen LogP) is -0.623. The van der Waals surface area contributed by atoms with Crippen molar-refractivity contribution in [1.29, 1.82) is 0 Å². The Morgan fingerprint density at radius 3 is 0.714 bits per heavy atom. The Kier molecular flexibility index (Phi) is 12.2. The van der Waals surface area contributed by atoms with Crippen molar-refractivity contribution in [1.82, 2.24) is 41.2 Å². The highest BCUT2D eigenvalue weighted by Gasteiger charge is 1.62. The number of halogens is 2. The molecule has 0 bridgehead atoms. The van der Waals surface area contributed by atoms with Crippen LogP contribution in [-0.4, -0.2) is 41.2 Å². The highest BCUT2D eigenvalue weighted by Crippen LogP contribution is 1.54. The quantitative estimate of drug-likeness (QED) is 0.596. The van der Waals surface area contributed by atoms with Gasteiger partial charge in [-0.25, -0.2) is 0 Å². The van der Waals surface area contributed by atoms with E-state index in [0.717, 1.165) is 0 Å². The van der Waals surface area contributed by atoms with Crippen LogP contribution in [0.25, 0.3) is 0 Å². The summed E-state index contributed by atoms with van der Waals surface area (Å²) in [5.74, 6) is 0. The van der Waals surface area contributed by atoms with E-state index in [1.165, 1.54) is 24.8 Å². The fourth-order valence-corrected chi connectivity index (χ4v) is 0.331. The fraction of sp³-hybridized carbons (Fsp3) is 0. The molecule has 2 aromatic heterocycles. The average molecular weight is 237 g/mol. The third-order valence-electron chi connectivity index (χ3n) is 0.687. The molecular weight excluding hydrogens is 231 g/mol. The number of hydrogen-bond acceptors (Lipinski definition) is 8. The maximum absolute atomic E-state index is 3.36. The highest BCUT2D eigenvalue weighted by molar-refractivity contribution is 5.85. The maximum atomic E-state index is 3.36. The molecule has 0 spiro atoms. The van der Waals surface area contributed by atoms with Crippen molar-refractivity contribution in [3.8, 4) is 0 Å². The number of hydrogen-bond donors (Lipinski definition) is 0. The molecule has 0 aliphatic rings. The zero-order chi connectivity index (χ0) is 8.49. The first kappa shape index (κ1) is 15.0. The first-order valence-corrected chi connectivity index (χ1v) is 2.90. The van der Waals surface area contributed by atoms with Crippen molar-refractivity contribution < 1.29 is 0 Å². The first-order valence-electron chi connectivity index (χ1n) is 2.90. The summed E-state index contributed by atoms with van der Waals surface area (Å²) in [6, 6.07) is 0. The molecule has 76 valence electrons. The molecule has 2 rings (SSSR count). The molecule has 0 aliphatic carbocycles. The topological polar surface area (TPSA) is 103 Å². The minimum atomic E-state index is 0. The van der Waals surface area contributed by atoms with E-state index in [2.05, 4.69) is 41.2 Å². The van der Waals surface area contributed by atoms with Crippen LogP contribution in [0.2, 0.25) is 0 Å². The van der Waals surface area contributed by atoms with Crippen molar-refractivity contribution in [2.75, 3.05) is 0 Å². The Bertz CT molecular complexity index is 195. The van der Waals surface area contributed by atoms with Gasteiger partial charge < -0.3 is 0 Å². The zero-order valence-electron chi connectivity index (χ0n) is 6.70. The standard InChI is InChI=1S/2C2H2N4.2ClH/c2*1-2-4-6-5-3-1;;/h2*1-2H;2*1H. The van der Waals surface area contributed by atoms with Crippen molar-refractivity contribution in [2.24, 2.45) is 0 Å². The molecule has 0 amide bonds. The first-order chi connectivity index (χ1) is 6.00. The largest absolute Gasteiger partial charge is 0.147 e. The SMILES string of the molecule is Cl.Cl.c1cnnnn1.c1cnnnn1. The van der Waals surface area contributed by atoms with Gasteiger partial charge in [0.25, 0.3) is 0 Å². The summed E-state index contributed by atoms with van der Waals surface area (Å²) in [5.41, 5.74) is 0. The van der Waals surface area contributed by atoms with Gasteiger partial charge in [-0.2, -0.15) is 0 Å². The zero-order valence-corrected chi connectivity index (χ0v) is 8.34. The normalized spacial score (nSPS) is 6.86. The lowest BCUT2D eigenvalue weighted by Crippen LogP contribution is -1.84. The molecule has 8 nitrogen and oxygen atoms in total. The maximum Gasteiger partial charge on any atom is 0.0716 e. The van der Waals surface area contributed by atoms with Crippen LogP contribution in [0, 0.1) is 0 Å². The molecule has 0 aliphatic heterocycles. The third kappa shape index (κ3) is 8.56. The van der Waals surface area contributed by atoms with Crippen LogP contribution in [0.3, 0.4) is 0 Å². The fourth-order valence-electron chi connectivity index (χ4n) is 0.331. The second-order valence-corrected chi connectivity index (χ2v) is 1.42. The van der Waals surface area contributed by atoms with Crippen LogP contribution >= 0.6 is 24.8 Å². The molecule has 0 aromatic carbocycles. The molecule has 0 saturated heterocycles.